The standard InChI is InChI=1S/C13H10BrFN2O3/c1-6-11(13(19)20)10(5-16-6)17-12(18)8-4-7(14)2-3-9(8)15/h2-5,16H,1H3,(H,17,18)(H,19,20). The number of aromatic nitrogens is 1. The van der Waals surface area contributed by atoms with E-state index in [1.165, 1.54) is 18.3 Å². The maximum Gasteiger partial charge on any atom is 0.339 e. The molecule has 1 aromatic carbocycles. The predicted molar refractivity (Wildman–Crippen MR) is 74.5 cm³/mol. The molecule has 2 aromatic rings. The zero-order chi connectivity index (χ0) is 14.9. The number of halogens is 2. The van der Waals surface area contributed by atoms with Crippen LogP contribution in [0.3, 0.4) is 0 Å². The first-order valence-electron chi connectivity index (χ1n) is 5.58. The number of aryl methyl sites for hydroxylation is 1. The smallest absolute Gasteiger partial charge is 0.339 e. The van der Waals surface area contributed by atoms with Crippen LogP contribution < -0.4 is 5.32 Å². The van der Waals surface area contributed by atoms with Gasteiger partial charge in [0.15, 0.2) is 0 Å². The minimum atomic E-state index is -1.17. The number of hydrogen-bond donors (Lipinski definition) is 3. The van der Waals surface area contributed by atoms with Crippen molar-refractivity contribution in [2.75, 3.05) is 5.32 Å². The molecule has 0 aliphatic rings. The maximum atomic E-state index is 13.6. The quantitative estimate of drug-likeness (QED) is 0.802. The highest BCUT2D eigenvalue weighted by atomic mass is 79.9. The second-order valence-corrected chi connectivity index (χ2v) is 5.00. The summed E-state index contributed by atoms with van der Waals surface area (Å²) in [6.45, 7) is 1.57. The number of nitrogens with one attached hydrogen (secondary N) is 2. The van der Waals surface area contributed by atoms with Gasteiger partial charge in [-0.1, -0.05) is 15.9 Å². The Bertz CT molecular complexity index is 697. The average molecular weight is 341 g/mol. The summed E-state index contributed by atoms with van der Waals surface area (Å²) in [4.78, 5) is 25.8. The summed E-state index contributed by atoms with van der Waals surface area (Å²) in [6, 6.07) is 3.94. The topological polar surface area (TPSA) is 82.2 Å². The minimum absolute atomic E-state index is 0.0474. The van der Waals surface area contributed by atoms with Crippen molar-refractivity contribution >= 4 is 33.5 Å². The van der Waals surface area contributed by atoms with Gasteiger partial charge in [-0.2, -0.15) is 0 Å². The van der Waals surface area contributed by atoms with Crippen molar-refractivity contribution in [1.29, 1.82) is 0 Å². The Morgan fingerprint density at radius 2 is 2.10 bits per heavy atom. The molecule has 0 aliphatic heterocycles. The van der Waals surface area contributed by atoms with Crippen LogP contribution in [0.1, 0.15) is 26.4 Å². The molecule has 1 amide bonds. The second-order valence-electron chi connectivity index (χ2n) is 4.09. The number of carbonyl (C=O) groups excluding carboxylic acids is 1. The monoisotopic (exact) mass is 340 g/mol. The molecule has 0 radical (unpaired) electrons. The van der Waals surface area contributed by atoms with Gasteiger partial charge in [0.2, 0.25) is 0 Å². The number of carboxylic acids is 1. The van der Waals surface area contributed by atoms with Crippen LogP contribution in [0.4, 0.5) is 10.1 Å². The molecule has 0 aliphatic carbocycles. The molecular weight excluding hydrogens is 331 g/mol. The van der Waals surface area contributed by atoms with Crippen molar-refractivity contribution in [3.8, 4) is 0 Å². The zero-order valence-corrected chi connectivity index (χ0v) is 11.9. The number of carboxylic acid groups (broad SMARTS) is 1. The number of rotatable bonds is 3. The number of amides is 1. The molecule has 0 saturated carbocycles. The first-order chi connectivity index (χ1) is 9.40. The SMILES string of the molecule is Cc1[nH]cc(NC(=O)c2cc(Br)ccc2F)c1C(=O)O. The van der Waals surface area contributed by atoms with Gasteiger partial charge in [0.05, 0.1) is 11.3 Å². The lowest BCUT2D eigenvalue weighted by Crippen LogP contribution is -2.15. The normalized spacial score (nSPS) is 10.3. The number of carbonyl (C=O) groups is 2. The summed E-state index contributed by atoms with van der Waals surface area (Å²) >= 11 is 3.14. The van der Waals surface area contributed by atoms with E-state index in [0.717, 1.165) is 6.07 Å². The van der Waals surface area contributed by atoms with Crippen LogP contribution in [0.25, 0.3) is 0 Å². The van der Waals surface area contributed by atoms with Crippen molar-refractivity contribution in [2.24, 2.45) is 0 Å². The lowest BCUT2D eigenvalue weighted by molar-refractivity contribution is 0.0697. The molecule has 3 N–H and O–H groups in total. The molecular formula is C13H10BrFN2O3. The lowest BCUT2D eigenvalue weighted by atomic mass is 10.2. The number of benzene rings is 1. The van der Waals surface area contributed by atoms with E-state index in [2.05, 4.69) is 26.2 Å². The van der Waals surface area contributed by atoms with Gasteiger partial charge in [0.1, 0.15) is 11.4 Å². The molecule has 0 atom stereocenters. The molecule has 1 heterocycles. The summed E-state index contributed by atoms with van der Waals surface area (Å²) in [5.41, 5.74) is 0.283. The summed E-state index contributed by atoms with van der Waals surface area (Å²) in [6.07, 6.45) is 1.35. The fourth-order valence-electron chi connectivity index (χ4n) is 1.76. The zero-order valence-electron chi connectivity index (χ0n) is 10.3. The van der Waals surface area contributed by atoms with Gasteiger partial charge in [-0.25, -0.2) is 9.18 Å². The van der Waals surface area contributed by atoms with Gasteiger partial charge >= 0.3 is 5.97 Å². The first-order valence-corrected chi connectivity index (χ1v) is 6.37. The van der Waals surface area contributed by atoms with E-state index in [0.29, 0.717) is 10.2 Å². The molecule has 1 aromatic heterocycles. The summed E-state index contributed by atoms with van der Waals surface area (Å²) in [5.74, 6) is -2.58. The third-order valence-electron chi connectivity index (χ3n) is 2.71. The second kappa shape index (κ2) is 5.46. The number of hydrogen-bond acceptors (Lipinski definition) is 2. The Hall–Kier alpha value is -2.15. The maximum absolute atomic E-state index is 13.6. The first kappa shape index (κ1) is 14.3. The van der Waals surface area contributed by atoms with Gasteiger partial charge in [0, 0.05) is 16.4 Å². The van der Waals surface area contributed by atoms with E-state index in [-0.39, 0.29) is 16.8 Å². The number of anilines is 1. The number of aromatic carboxylic acids is 1. The van der Waals surface area contributed by atoms with Crippen LogP contribution in [0.2, 0.25) is 0 Å². The number of aromatic amines is 1. The van der Waals surface area contributed by atoms with Crippen molar-refractivity contribution in [3.05, 3.63) is 51.5 Å². The average Bonchev–Trinajstić information content (AvgIpc) is 2.73. The minimum Gasteiger partial charge on any atom is -0.478 e. The summed E-state index contributed by atoms with van der Waals surface area (Å²) < 4.78 is 14.1. The van der Waals surface area contributed by atoms with Crippen LogP contribution in [0.5, 0.6) is 0 Å². The van der Waals surface area contributed by atoms with Crippen LogP contribution in [0, 0.1) is 12.7 Å². The molecule has 20 heavy (non-hydrogen) atoms. The van der Waals surface area contributed by atoms with Gasteiger partial charge in [-0.15, -0.1) is 0 Å². The van der Waals surface area contributed by atoms with Gasteiger partial charge in [0.25, 0.3) is 5.91 Å². The molecule has 0 bridgehead atoms. The third-order valence-corrected chi connectivity index (χ3v) is 3.21. The van der Waals surface area contributed by atoms with E-state index in [9.17, 15) is 14.0 Å². The molecule has 0 unspecified atom stereocenters. The van der Waals surface area contributed by atoms with Crippen molar-refractivity contribution in [2.45, 2.75) is 6.92 Å². The van der Waals surface area contributed by atoms with E-state index in [4.69, 9.17) is 5.11 Å². The van der Waals surface area contributed by atoms with Gasteiger partial charge < -0.3 is 15.4 Å². The highest BCUT2D eigenvalue weighted by Crippen LogP contribution is 2.21. The van der Waals surface area contributed by atoms with Crippen molar-refractivity contribution in [1.82, 2.24) is 4.98 Å². The van der Waals surface area contributed by atoms with E-state index in [1.54, 1.807) is 6.92 Å². The van der Waals surface area contributed by atoms with Crippen LogP contribution in [-0.4, -0.2) is 22.0 Å². The molecule has 104 valence electrons. The van der Waals surface area contributed by atoms with Crippen molar-refractivity contribution < 1.29 is 19.1 Å². The van der Waals surface area contributed by atoms with Crippen molar-refractivity contribution in [3.63, 3.8) is 0 Å². The molecule has 0 fully saturated rings. The Labute approximate surface area is 121 Å². The molecule has 7 heteroatoms. The fraction of sp³-hybridized carbons (Fsp3) is 0.0769. The molecule has 5 nitrogen and oxygen atoms in total. The Kier molecular flexibility index (Phi) is 3.89. The Morgan fingerprint density at radius 3 is 2.75 bits per heavy atom. The van der Waals surface area contributed by atoms with Crippen LogP contribution in [-0.2, 0) is 0 Å². The molecule has 2 rings (SSSR count). The highest BCUT2D eigenvalue weighted by Gasteiger charge is 2.19. The van der Waals surface area contributed by atoms with Crippen LogP contribution >= 0.6 is 15.9 Å². The van der Waals surface area contributed by atoms with E-state index >= 15 is 0 Å². The lowest BCUT2D eigenvalue weighted by Gasteiger charge is -2.06. The van der Waals surface area contributed by atoms with Gasteiger partial charge in [-0.05, 0) is 25.1 Å². The summed E-state index contributed by atoms with van der Waals surface area (Å²) in [7, 11) is 0. The predicted octanol–water partition coefficient (Wildman–Crippen LogP) is 3.18. The van der Waals surface area contributed by atoms with E-state index in [1.807, 2.05) is 0 Å². The summed E-state index contributed by atoms with van der Waals surface area (Å²) in [5, 5.41) is 11.4. The van der Waals surface area contributed by atoms with Gasteiger partial charge in [-0.3, -0.25) is 4.79 Å². The van der Waals surface area contributed by atoms with Crippen LogP contribution in [0.15, 0.2) is 28.9 Å². The van der Waals surface area contributed by atoms with E-state index < -0.39 is 17.7 Å². The third kappa shape index (κ3) is 2.72. The highest BCUT2D eigenvalue weighted by molar-refractivity contribution is 9.10. The molecule has 0 spiro atoms. The number of H-pyrrole nitrogens is 1. The fourth-order valence-corrected chi connectivity index (χ4v) is 2.12. The Morgan fingerprint density at radius 1 is 1.40 bits per heavy atom. The molecule has 0 saturated heterocycles. The Balaban J connectivity index is 2.33. The largest absolute Gasteiger partial charge is 0.478 e.